The van der Waals surface area contributed by atoms with E-state index < -0.39 is 0 Å². The molecule has 2 heterocycles. The van der Waals surface area contributed by atoms with Gasteiger partial charge < -0.3 is 4.74 Å². The van der Waals surface area contributed by atoms with Gasteiger partial charge in [-0.2, -0.15) is 0 Å². The van der Waals surface area contributed by atoms with E-state index in [-0.39, 0.29) is 11.1 Å². The number of rotatable bonds is 15. The molecule has 1 aliphatic heterocycles. The summed E-state index contributed by atoms with van der Waals surface area (Å²) in [6.07, 6.45) is 16.3. The first-order chi connectivity index (χ1) is 23.0. The van der Waals surface area contributed by atoms with Crippen molar-refractivity contribution in [1.29, 1.82) is 5.41 Å². The number of pyridine rings is 1. The zero-order chi connectivity index (χ0) is 33.2. The zero-order valence-electron chi connectivity index (χ0n) is 28.7. The summed E-state index contributed by atoms with van der Waals surface area (Å²) in [5.41, 5.74) is 8.07. The molecule has 47 heavy (non-hydrogen) atoms. The predicted molar refractivity (Wildman–Crippen MR) is 195 cm³/mol. The van der Waals surface area contributed by atoms with Crippen LogP contribution < -0.4 is 9.30 Å². The summed E-state index contributed by atoms with van der Waals surface area (Å²) in [6.45, 7) is 17.6. The molecule has 0 saturated heterocycles. The number of nitrogens with one attached hydrogen (secondary N) is 1. The van der Waals surface area contributed by atoms with Crippen LogP contribution in [0.2, 0.25) is 0 Å². The summed E-state index contributed by atoms with van der Waals surface area (Å²) in [6, 6.07) is 25.9. The summed E-state index contributed by atoms with van der Waals surface area (Å²) in [4.78, 5) is 3.44. The number of aromatic nitrogens is 1. The largest absolute Gasteiger partial charge is 0.457 e. The van der Waals surface area contributed by atoms with Crippen LogP contribution in [0.25, 0.3) is 32.8 Å². The number of unbranched alkanes of at least 4 members (excludes halogenated alkanes) is 3. The molecule has 0 amide bonds. The number of hydrogen-bond donors (Lipinski definition) is 1. The van der Waals surface area contributed by atoms with E-state index in [0.29, 0.717) is 0 Å². The maximum Gasteiger partial charge on any atom is 0.253 e. The molecule has 0 radical (unpaired) electrons. The summed E-state index contributed by atoms with van der Waals surface area (Å²) in [5.74, 6) is 4.91. The average molecular weight is 625 g/mol. The molecule has 0 bridgehead atoms. The second-order valence-electron chi connectivity index (χ2n) is 13.2. The Balaban J connectivity index is 1.55. The summed E-state index contributed by atoms with van der Waals surface area (Å²) in [5, 5.41) is 7.45. The van der Waals surface area contributed by atoms with Gasteiger partial charge >= 0.3 is 0 Å². The van der Waals surface area contributed by atoms with E-state index in [4.69, 9.17) is 16.7 Å². The van der Waals surface area contributed by atoms with Crippen LogP contribution in [0.4, 0.5) is 0 Å². The van der Waals surface area contributed by atoms with Crippen LogP contribution >= 0.6 is 0 Å². The van der Waals surface area contributed by atoms with Crippen molar-refractivity contribution >= 4 is 11.6 Å². The Morgan fingerprint density at radius 2 is 1.30 bits per heavy atom. The van der Waals surface area contributed by atoms with Gasteiger partial charge in [0, 0.05) is 34.6 Å². The molecular formula is C43H50N3O+. The highest BCUT2D eigenvalue weighted by atomic mass is 16.5. The smallest absolute Gasteiger partial charge is 0.253 e. The maximum absolute atomic E-state index is 7.45. The third kappa shape index (κ3) is 7.43. The molecule has 4 heteroatoms. The molecule has 0 spiro atoms. The van der Waals surface area contributed by atoms with Gasteiger partial charge in [-0.15, -0.1) is 0 Å². The highest BCUT2D eigenvalue weighted by Crippen LogP contribution is 2.54. The Hall–Kier alpha value is -4.45. The third-order valence-corrected chi connectivity index (χ3v) is 10.1. The van der Waals surface area contributed by atoms with Gasteiger partial charge in [0.25, 0.3) is 5.70 Å². The van der Waals surface area contributed by atoms with Crippen LogP contribution in [0.3, 0.4) is 0 Å². The van der Waals surface area contributed by atoms with Crippen LogP contribution in [0.5, 0.6) is 11.5 Å². The lowest BCUT2D eigenvalue weighted by molar-refractivity contribution is -0.703. The van der Waals surface area contributed by atoms with Crippen molar-refractivity contribution in [2.24, 2.45) is 5.92 Å². The molecule has 0 fully saturated rings. The van der Waals surface area contributed by atoms with E-state index in [0.717, 1.165) is 79.2 Å². The van der Waals surface area contributed by atoms with Gasteiger partial charge in [0.2, 0.25) is 0 Å². The Labute approximate surface area is 282 Å². The lowest BCUT2D eigenvalue weighted by Crippen LogP contribution is -2.36. The minimum atomic E-state index is -0.149. The fourth-order valence-corrected chi connectivity index (χ4v) is 7.20. The standard InChI is InChI=1S/C43H50N3O/c1-6-10-13-32(9-4)31-46-26-22-34(23-27-46)37-19-21-42-39(29-37)43(24-11-7-2,25-12-8-3)38-28-36(18-20-41(38)47-42)33-14-16-35(17-15-33)40(30-44)45-5/h14-23,26-29,32,44H,6-13,24-25,31H2,1-4H3/q+1. The number of benzene rings is 3. The molecule has 1 aromatic heterocycles. The van der Waals surface area contributed by atoms with Gasteiger partial charge in [0.1, 0.15) is 11.5 Å². The molecule has 0 saturated carbocycles. The number of ether oxygens (including phenoxy) is 1. The van der Waals surface area contributed by atoms with E-state index >= 15 is 0 Å². The fraction of sp³-hybridized carbons (Fsp3) is 0.395. The minimum Gasteiger partial charge on any atom is -0.457 e. The van der Waals surface area contributed by atoms with Gasteiger partial charge in [-0.25, -0.2) is 9.41 Å². The molecular weight excluding hydrogens is 574 g/mol. The Bertz CT molecular complexity index is 1730. The van der Waals surface area contributed by atoms with Crippen LogP contribution in [0.1, 0.15) is 109 Å². The maximum atomic E-state index is 7.45. The molecule has 0 aliphatic carbocycles. The summed E-state index contributed by atoms with van der Waals surface area (Å²) >= 11 is 0. The number of hydrogen-bond acceptors (Lipinski definition) is 2. The van der Waals surface area contributed by atoms with Gasteiger partial charge in [0.05, 0.1) is 6.57 Å². The second kappa shape index (κ2) is 15.9. The fourth-order valence-electron chi connectivity index (χ4n) is 7.20. The van der Waals surface area contributed by atoms with Crippen molar-refractivity contribution in [2.75, 3.05) is 0 Å². The highest BCUT2D eigenvalue weighted by Gasteiger charge is 2.41. The molecule has 1 aliphatic rings. The van der Waals surface area contributed by atoms with Crippen LogP contribution in [0, 0.1) is 17.9 Å². The van der Waals surface area contributed by atoms with E-state index in [1.807, 2.05) is 24.3 Å². The van der Waals surface area contributed by atoms with Crippen molar-refractivity contribution in [3.05, 3.63) is 113 Å². The van der Waals surface area contributed by atoms with Crippen molar-refractivity contribution in [3.8, 4) is 33.8 Å². The summed E-state index contributed by atoms with van der Waals surface area (Å²) < 4.78 is 9.05. The van der Waals surface area contributed by atoms with Crippen LogP contribution in [-0.4, -0.2) is 5.87 Å². The molecule has 4 aromatic rings. The lowest BCUT2D eigenvalue weighted by atomic mass is 9.65. The normalized spacial score (nSPS) is 13.4. The molecule has 5 rings (SSSR count). The lowest BCUT2D eigenvalue weighted by Gasteiger charge is -2.41. The van der Waals surface area contributed by atoms with E-state index in [1.54, 1.807) is 0 Å². The number of fused-ring (bicyclic) bond motifs is 2. The minimum absolute atomic E-state index is 0.149. The van der Waals surface area contributed by atoms with Crippen molar-refractivity contribution in [2.45, 2.75) is 104 Å². The average Bonchev–Trinajstić information content (AvgIpc) is 3.12. The van der Waals surface area contributed by atoms with Crippen molar-refractivity contribution < 1.29 is 9.30 Å². The van der Waals surface area contributed by atoms with E-state index in [2.05, 4.69) is 104 Å². The Kier molecular flexibility index (Phi) is 11.5. The summed E-state index contributed by atoms with van der Waals surface area (Å²) in [7, 11) is 0. The van der Waals surface area contributed by atoms with Gasteiger partial charge in [0.15, 0.2) is 18.9 Å². The quantitative estimate of drug-likeness (QED) is 0.0798. The molecule has 4 nitrogen and oxygen atoms in total. The molecule has 3 aromatic carbocycles. The second-order valence-corrected chi connectivity index (χ2v) is 13.2. The molecule has 242 valence electrons. The van der Waals surface area contributed by atoms with Gasteiger partial charge in [-0.05, 0) is 83.6 Å². The first-order valence-corrected chi connectivity index (χ1v) is 17.7. The van der Waals surface area contributed by atoms with E-state index in [1.165, 1.54) is 47.9 Å². The van der Waals surface area contributed by atoms with Gasteiger partial charge in [-0.3, -0.25) is 5.41 Å². The van der Waals surface area contributed by atoms with Crippen molar-refractivity contribution in [3.63, 3.8) is 0 Å². The van der Waals surface area contributed by atoms with E-state index in [9.17, 15) is 0 Å². The first-order valence-electron chi connectivity index (χ1n) is 17.7. The van der Waals surface area contributed by atoms with Crippen LogP contribution in [-0.2, 0) is 12.0 Å². The topological polar surface area (TPSA) is 41.3 Å². The zero-order valence-corrected chi connectivity index (χ0v) is 28.7. The SMILES string of the molecule is [C-]#[N+]C(=C=N)c1ccc(-c2ccc3c(c2)C(CCCC)(CCCC)c2cc(-c4cc[n+](CC(CC)CCCC)cc4)ccc2O3)cc1. The molecule has 1 unspecified atom stereocenters. The monoisotopic (exact) mass is 624 g/mol. The van der Waals surface area contributed by atoms with Gasteiger partial charge in [-0.1, -0.05) is 103 Å². The number of nitrogens with zero attached hydrogens (tertiary/aromatic N) is 2. The predicted octanol–water partition coefficient (Wildman–Crippen LogP) is 11.8. The molecule has 1 N–H and O–H groups in total. The van der Waals surface area contributed by atoms with Crippen LogP contribution in [0.15, 0.2) is 85.2 Å². The third-order valence-electron chi connectivity index (χ3n) is 10.1. The van der Waals surface area contributed by atoms with Crippen molar-refractivity contribution in [1.82, 2.24) is 0 Å². The molecule has 1 atom stereocenters. The Morgan fingerprint density at radius 1 is 0.766 bits per heavy atom. The highest BCUT2D eigenvalue weighted by molar-refractivity contribution is 5.92. The Morgan fingerprint density at radius 3 is 1.79 bits per heavy atom. The first kappa shape index (κ1) is 33.9.